The van der Waals surface area contributed by atoms with Crippen molar-refractivity contribution in [1.82, 2.24) is 15.5 Å². The molecule has 12 heteroatoms. The molecule has 2 heterocycles. The molecule has 1 aromatic carbocycles. The van der Waals surface area contributed by atoms with E-state index in [2.05, 4.69) is 10.6 Å². The lowest BCUT2D eigenvalue weighted by Gasteiger charge is -2.42. The number of nitrogens with zero attached hydrogens (tertiary/aromatic N) is 1. The Hall–Kier alpha value is -2.83. The lowest BCUT2D eigenvalue weighted by atomic mass is 9.77. The molecule has 1 aliphatic carbocycles. The molecule has 0 radical (unpaired) electrons. The van der Waals surface area contributed by atoms with E-state index in [9.17, 15) is 24.5 Å². The molecule has 0 aromatic heterocycles. The monoisotopic (exact) mass is 446 g/mol. The summed E-state index contributed by atoms with van der Waals surface area (Å²) in [6.45, 7) is 2.60. The van der Waals surface area contributed by atoms with E-state index in [1.165, 1.54) is 7.05 Å². The number of benzene rings is 1. The van der Waals surface area contributed by atoms with Crippen molar-refractivity contribution in [2.45, 2.75) is 36.7 Å². The van der Waals surface area contributed by atoms with Gasteiger partial charge in [0.1, 0.15) is 28.7 Å². The fraction of sp³-hybridized carbons (Fsp3) is 0.550. The average molecular weight is 446 g/mol. The van der Waals surface area contributed by atoms with E-state index in [1.54, 1.807) is 19.1 Å². The van der Waals surface area contributed by atoms with Crippen LogP contribution in [0.3, 0.4) is 0 Å². The molecule has 3 atom stereocenters. The number of carbonyl (C=O) groups excluding carboxylic acids is 2. The zero-order valence-electron chi connectivity index (χ0n) is 18.0. The summed E-state index contributed by atoms with van der Waals surface area (Å²) in [5.41, 5.74) is 5.63. The molecule has 1 aromatic rings. The van der Waals surface area contributed by atoms with Crippen LogP contribution in [-0.2, 0) is 9.59 Å². The number of carboxylic acids is 1. The first-order valence-electron chi connectivity index (χ1n) is 10.5. The Morgan fingerprint density at radius 1 is 1.38 bits per heavy atom. The Balaban J connectivity index is 1.35. The molecule has 1 unspecified atom stereocenters. The highest BCUT2D eigenvalue weighted by atomic mass is 16.5. The van der Waals surface area contributed by atoms with Gasteiger partial charge in [0, 0.05) is 32.5 Å². The first kappa shape index (κ1) is 22.4. The first-order valence-corrected chi connectivity index (χ1v) is 10.5. The van der Waals surface area contributed by atoms with Gasteiger partial charge in [-0.2, -0.15) is 0 Å². The number of amides is 2. The molecule has 11 nitrogen and oxygen atoms in total. The molecule has 2 fully saturated rings. The number of hydrogen-bond donors (Lipinski definition) is 5. The van der Waals surface area contributed by atoms with Gasteiger partial charge in [-0.05, 0) is 30.9 Å². The highest BCUT2D eigenvalue weighted by Gasteiger charge is 2.54. The molecule has 6 N–H and O–H groups in total. The predicted octanol–water partition coefficient (Wildman–Crippen LogP) is -1.24. The number of hydrogen-bond acceptors (Lipinski definition) is 8. The van der Waals surface area contributed by atoms with Crippen molar-refractivity contribution in [2.75, 3.05) is 33.2 Å². The summed E-state index contributed by atoms with van der Waals surface area (Å²) in [6.07, 6.45) is 0.498. The third kappa shape index (κ3) is 4.25. The van der Waals surface area contributed by atoms with Crippen LogP contribution in [0.15, 0.2) is 12.1 Å². The Morgan fingerprint density at radius 2 is 2.09 bits per heavy atom. The number of nitrogens with two attached hydrogens (primary N) is 1. The van der Waals surface area contributed by atoms with Crippen LogP contribution in [0, 0.1) is 0 Å². The Kier molecular flexibility index (Phi) is 5.78. The summed E-state index contributed by atoms with van der Waals surface area (Å²) >= 11 is 0. The maximum Gasteiger partial charge on any atom is 0.526 e. The maximum absolute atomic E-state index is 12.3. The number of likely N-dealkylation sites (N-methyl/N-ethyl adjacent to an activating group) is 1. The van der Waals surface area contributed by atoms with Gasteiger partial charge < -0.3 is 35.9 Å². The van der Waals surface area contributed by atoms with Crippen molar-refractivity contribution >= 4 is 24.9 Å². The van der Waals surface area contributed by atoms with Crippen LogP contribution in [0.5, 0.6) is 11.5 Å². The minimum Gasteiger partial charge on any atom is -0.535 e. The van der Waals surface area contributed by atoms with Crippen molar-refractivity contribution in [3.63, 3.8) is 0 Å². The number of fused-ring (bicyclic) bond motifs is 3. The number of ether oxygens (including phenoxy) is 1. The molecule has 0 spiro atoms. The van der Waals surface area contributed by atoms with E-state index < -0.39 is 24.5 Å². The standard InChI is InChI=1S/C20H27BN4O7/c1-20(22,19(29)24-6-15(26)23-2)9-25-7-10(8-25)31-14-4-3-11-12-5-13(12)21(30)32-17(11)16(14)18(27)28/h3-4,10,12-13,30H,5-9,22H2,1-2H3,(H,23,26)(H,24,29)(H,27,28)/t12-,13-,20?/m1/s1. The van der Waals surface area contributed by atoms with Gasteiger partial charge in [0.05, 0.1) is 6.54 Å². The number of rotatable bonds is 8. The van der Waals surface area contributed by atoms with E-state index in [1.807, 2.05) is 4.90 Å². The van der Waals surface area contributed by atoms with Crippen LogP contribution in [0.1, 0.15) is 35.2 Å². The zero-order chi connectivity index (χ0) is 23.2. The second-order valence-electron chi connectivity index (χ2n) is 8.88. The van der Waals surface area contributed by atoms with E-state index in [-0.39, 0.29) is 53.9 Å². The van der Waals surface area contributed by atoms with Crippen LogP contribution in [0.25, 0.3) is 0 Å². The zero-order valence-corrected chi connectivity index (χ0v) is 18.0. The van der Waals surface area contributed by atoms with E-state index in [0.29, 0.717) is 13.1 Å². The van der Waals surface area contributed by atoms with Crippen LogP contribution in [-0.4, -0.2) is 84.8 Å². The quantitative estimate of drug-likeness (QED) is 0.307. The summed E-state index contributed by atoms with van der Waals surface area (Å²) in [6, 6.07) is 3.44. The third-order valence-corrected chi connectivity index (χ3v) is 6.18. The summed E-state index contributed by atoms with van der Waals surface area (Å²) in [7, 11) is 0.475. The molecule has 1 saturated heterocycles. The molecular weight excluding hydrogens is 419 g/mol. The van der Waals surface area contributed by atoms with E-state index in [4.69, 9.17) is 15.1 Å². The third-order valence-electron chi connectivity index (χ3n) is 6.18. The van der Waals surface area contributed by atoms with E-state index >= 15 is 0 Å². The molecule has 3 aliphatic rings. The number of nitrogens with one attached hydrogen (secondary N) is 2. The van der Waals surface area contributed by atoms with Crippen molar-refractivity contribution in [3.8, 4) is 11.5 Å². The fourth-order valence-corrected chi connectivity index (χ4v) is 4.29. The van der Waals surface area contributed by atoms with Gasteiger partial charge in [-0.15, -0.1) is 0 Å². The van der Waals surface area contributed by atoms with Crippen LogP contribution >= 0.6 is 0 Å². The van der Waals surface area contributed by atoms with Gasteiger partial charge in [-0.3, -0.25) is 14.5 Å². The normalized spacial score (nSPS) is 23.6. The van der Waals surface area contributed by atoms with Gasteiger partial charge in [0.2, 0.25) is 11.8 Å². The Labute approximate surface area is 185 Å². The highest BCUT2D eigenvalue weighted by molar-refractivity contribution is 6.48. The van der Waals surface area contributed by atoms with Gasteiger partial charge >= 0.3 is 13.1 Å². The molecule has 2 amide bonds. The smallest absolute Gasteiger partial charge is 0.526 e. The number of carbonyl (C=O) groups is 3. The van der Waals surface area contributed by atoms with Crippen molar-refractivity contribution in [1.29, 1.82) is 0 Å². The van der Waals surface area contributed by atoms with Gasteiger partial charge in [0.15, 0.2) is 0 Å². The van der Waals surface area contributed by atoms with Crippen molar-refractivity contribution in [2.24, 2.45) is 5.73 Å². The second-order valence-corrected chi connectivity index (χ2v) is 8.88. The molecule has 1 saturated carbocycles. The number of likely N-dealkylation sites (tertiary alicyclic amines) is 1. The second kappa shape index (κ2) is 8.26. The van der Waals surface area contributed by atoms with Crippen molar-refractivity contribution < 1.29 is 33.9 Å². The molecule has 0 bridgehead atoms. The molecular formula is C20H27BN4O7. The maximum atomic E-state index is 12.3. The predicted molar refractivity (Wildman–Crippen MR) is 114 cm³/mol. The van der Waals surface area contributed by atoms with Crippen molar-refractivity contribution in [3.05, 3.63) is 23.3 Å². The summed E-state index contributed by atoms with van der Waals surface area (Å²) in [4.78, 5) is 37.4. The average Bonchev–Trinajstić information content (AvgIpc) is 3.51. The van der Waals surface area contributed by atoms with Gasteiger partial charge in [-0.1, -0.05) is 6.07 Å². The lowest BCUT2D eigenvalue weighted by Crippen LogP contribution is -2.64. The van der Waals surface area contributed by atoms with E-state index in [0.717, 1.165) is 12.0 Å². The SMILES string of the molecule is CNC(=O)CNC(=O)C(C)(N)CN1CC(Oc2ccc3c(c2C(=O)O)OB(O)[C@@H]2C[C@H]32)C1. The fourth-order valence-electron chi connectivity index (χ4n) is 4.29. The molecule has 2 aliphatic heterocycles. The largest absolute Gasteiger partial charge is 0.535 e. The molecule has 32 heavy (non-hydrogen) atoms. The summed E-state index contributed by atoms with van der Waals surface area (Å²) in [5, 5.41) is 24.7. The highest BCUT2D eigenvalue weighted by Crippen LogP contribution is 2.60. The first-order chi connectivity index (χ1) is 15.1. The Morgan fingerprint density at radius 3 is 2.75 bits per heavy atom. The number of carboxylic acid groups (broad SMARTS) is 1. The minimum absolute atomic E-state index is 0.0234. The van der Waals surface area contributed by atoms with Gasteiger partial charge in [0.25, 0.3) is 0 Å². The Bertz CT molecular complexity index is 950. The summed E-state index contributed by atoms with van der Waals surface area (Å²) in [5.74, 6) is -1.43. The van der Waals surface area contributed by atoms with Crippen LogP contribution < -0.4 is 25.8 Å². The summed E-state index contributed by atoms with van der Waals surface area (Å²) < 4.78 is 11.4. The minimum atomic E-state index is -1.21. The topological polar surface area (TPSA) is 163 Å². The van der Waals surface area contributed by atoms with Gasteiger partial charge in [-0.25, -0.2) is 4.79 Å². The lowest BCUT2D eigenvalue weighted by molar-refractivity contribution is -0.130. The number of aromatic carboxylic acids is 1. The molecule has 4 rings (SSSR count). The van der Waals surface area contributed by atoms with Crippen LogP contribution in [0.4, 0.5) is 0 Å². The molecule has 172 valence electrons. The van der Waals surface area contributed by atoms with Crippen LogP contribution in [0.2, 0.25) is 5.82 Å².